The maximum atomic E-state index is 4.69. The molecule has 5 heteroatoms. The molecule has 0 aliphatic carbocycles. The molecule has 0 spiro atoms. The third-order valence-electron chi connectivity index (χ3n) is 4.24. The van der Waals surface area contributed by atoms with Crippen molar-refractivity contribution in [1.82, 2.24) is 20.3 Å². The molecule has 5 nitrogen and oxygen atoms in total. The molecule has 3 rings (SSSR count). The van der Waals surface area contributed by atoms with Gasteiger partial charge in [0.25, 0.3) is 0 Å². The highest BCUT2D eigenvalue weighted by Crippen LogP contribution is 2.19. The number of nitrogens with one attached hydrogen (secondary N) is 2. The number of aromatic nitrogens is 3. The third kappa shape index (κ3) is 4.48. The molecule has 2 N–H and O–H groups in total. The Labute approximate surface area is 138 Å². The number of anilines is 1. The molecule has 122 valence electrons. The predicted molar refractivity (Wildman–Crippen MR) is 93.3 cm³/mol. The van der Waals surface area contributed by atoms with Crippen LogP contribution in [0.1, 0.15) is 31.9 Å². The van der Waals surface area contributed by atoms with Crippen LogP contribution >= 0.6 is 0 Å². The summed E-state index contributed by atoms with van der Waals surface area (Å²) < 4.78 is 0. The van der Waals surface area contributed by atoms with Gasteiger partial charge in [0.05, 0.1) is 0 Å². The number of aryl methyl sites for hydroxylation is 1. The number of piperidine rings is 1. The van der Waals surface area contributed by atoms with E-state index in [-0.39, 0.29) is 0 Å². The zero-order valence-electron chi connectivity index (χ0n) is 13.8. The maximum absolute atomic E-state index is 4.69. The van der Waals surface area contributed by atoms with E-state index in [4.69, 9.17) is 4.98 Å². The molecule has 0 radical (unpaired) electrons. The second-order valence-electron chi connectivity index (χ2n) is 6.13. The quantitative estimate of drug-likeness (QED) is 0.859. The van der Waals surface area contributed by atoms with Gasteiger partial charge >= 0.3 is 0 Å². The van der Waals surface area contributed by atoms with Gasteiger partial charge in [0.1, 0.15) is 5.82 Å². The van der Waals surface area contributed by atoms with E-state index >= 15 is 0 Å². The first-order chi connectivity index (χ1) is 11.3. The van der Waals surface area contributed by atoms with Gasteiger partial charge in [-0.25, -0.2) is 9.97 Å². The Bertz CT molecular complexity index is 608. The first-order valence-corrected chi connectivity index (χ1v) is 8.58. The molecule has 23 heavy (non-hydrogen) atoms. The number of nitrogens with zero attached hydrogens (tertiary/aromatic N) is 3. The number of hydrogen-bond acceptors (Lipinski definition) is 5. The van der Waals surface area contributed by atoms with Crippen molar-refractivity contribution in [2.75, 3.05) is 25.0 Å². The lowest BCUT2D eigenvalue weighted by atomic mass is 9.98. The number of pyridine rings is 1. The second-order valence-corrected chi connectivity index (χ2v) is 6.13. The summed E-state index contributed by atoms with van der Waals surface area (Å²) in [6.45, 7) is 5.40. The van der Waals surface area contributed by atoms with Crippen LogP contribution in [0.3, 0.4) is 0 Å². The van der Waals surface area contributed by atoms with Crippen LogP contribution in [0, 0.1) is 5.92 Å². The molecule has 1 aliphatic rings. The van der Waals surface area contributed by atoms with E-state index in [0.717, 1.165) is 61.3 Å². The van der Waals surface area contributed by atoms with Crippen molar-refractivity contribution >= 4 is 5.82 Å². The predicted octanol–water partition coefficient (Wildman–Crippen LogP) is 2.90. The molecule has 0 bridgehead atoms. The second kappa shape index (κ2) is 8.02. The Morgan fingerprint density at radius 1 is 1.26 bits per heavy atom. The summed E-state index contributed by atoms with van der Waals surface area (Å²) in [6, 6.07) is 6.02. The molecule has 2 aromatic rings. The van der Waals surface area contributed by atoms with Crippen LogP contribution in [0.25, 0.3) is 11.4 Å². The summed E-state index contributed by atoms with van der Waals surface area (Å²) in [4.78, 5) is 13.6. The molecule has 0 atom stereocenters. The van der Waals surface area contributed by atoms with Gasteiger partial charge in [-0.3, -0.25) is 4.98 Å². The Morgan fingerprint density at radius 2 is 2.13 bits per heavy atom. The van der Waals surface area contributed by atoms with Crippen molar-refractivity contribution in [2.24, 2.45) is 5.92 Å². The first-order valence-electron chi connectivity index (χ1n) is 8.58. The molecular formula is C18H25N5. The van der Waals surface area contributed by atoms with Crippen molar-refractivity contribution in [3.8, 4) is 11.4 Å². The number of rotatable bonds is 6. The van der Waals surface area contributed by atoms with Gasteiger partial charge in [0, 0.05) is 36.3 Å². The topological polar surface area (TPSA) is 62.7 Å². The molecule has 1 aliphatic heterocycles. The third-order valence-corrected chi connectivity index (χ3v) is 4.24. The van der Waals surface area contributed by atoms with Gasteiger partial charge in [-0.1, -0.05) is 13.3 Å². The zero-order valence-corrected chi connectivity index (χ0v) is 13.8. The van der Waals surface area contributed by atoms with Crippen LogP contribution < -0.4 is 10.6 Å². The lowest BCUT2D eigenvalue weighted by Crippen LogP contribution is -2.31. The van der Waals surface area contributed by atoms with Crippen molar-refractivity contribution in [3.63, 3.8) is 0 Å². The van der Waals surface area contributed by atoms with Crippen LogP contribution in [0.15, 0.2) is 30.6 Å². The number of hydrogen-bond donors (Lipinski definition) is 2. The fourth-order valence-corrected chi connectivity index (χ4v) is 2.93. The molecule has 0 unspecified atom stereocenters. The van der Waals surface area contributed by atoms with Crippen LogP contribution in [-0.4, -0.2) is 34.6 Å². The van der Waals surface area contributed by atoms with E-state index in [1.54, 1.807) is 6.20 Å². The molecular weight excluding hydrogens is 286 g/mol. The maximum Gasteiger partial charge on any atom is 0.163 e. The summed E-state index contributed by atoms with van der Waals surface area (Å²) >= 11 is 0. The highest BCUT2D eigenvalue weighted by Gasteiger charge is 2.13. The Balaban J connectivity index is 1.76. The van der Waals surface area contributed by atoms with E-state index in [1.165, 1.54) is 12.8 Å². The minimum Gasteiger partial charge on any atom is -0.370 e. The molecule has 1 saturated heterocycles. The molecule has 0 saturated carbocycles. The van der Waals surface area contributed by atoms with Gasteiger partial charge in [-0.15, -0.1) is 0 Å². The van der Waals surface area contributed by atoms with Gasteiger partial charge < -0.3 is 10.6 Å². The summed E-state index contributed by atoms with van der Waals surface area (Å²) in [5.41, 5.74) is 2.06. The van der Waals surface area contributed by atoms with E-state index in [1.807, 2.05) is 18.3 Å². The molecule has 2 aromatic heterocycles. The van der Waals surface area contributed by atoms with Crippen molar-refractivity contribution in [3.05, 3.63) is 36.3 Å². The summed E-state index contributed by atoms with van der Waals surface area (Å²) in [6.07, 6.45) is 8.11. The summed E-state index contributed by atoms with van der Waals surface area (Å²) in [5, 5.41) is 6.93. The van der Waals surface area contributed by atoms with E-state index < -0.39 is 0 Å². The van der Waals surface area contributed by atoms with E-state index in [2.05, 4.69) is 33.6 Å². The summed E-state index contributed by atoms with van der Waals surface area (Å²) in [5.74, 6) is 2.42. The van der Waals surface area contributed by atoms with Crippen molar-refractivity contribution in [1.29, 1.82) is 0 Å². The lowest BCUT2D eigenvalue weighted by Gasteiger charge is -2.23. The minimum absolute atomic E-state index is 0.725. The van der Waals surface area contributed by atoms with Crippen molar-refractivity contribution in [2.45, 2.75) is 32.6 Å². The first kappa shape index (κ1) is 15.9. The average molecular weight is 311 g/mol. The summed E-state index contributed by atoms with van der Waals surface area (Å²) in [7, 11) is 0. The Kier molecular flexibility index (Phi) is 5.53. The largest absolute Gasteiger partial charge is 0.370 e. The normalized spacial score (nSPS) is 15.5. The minimum atomic E-state index is 0.725. The fourth-order valence-electron chi connectivity index (χ4n) is 2.93. The molecule has 1 fully saturated rings. The van der Waals surface area contributed by atoms with Gasteiger partial charge in [-0.2, -0.15) is 0 Å². The van der Waals surface area contributed by atoms with Gasteiger partial charge in [-0.05, 0) is 50.4 Å². The zero-order chi connectivity index (χ0) is 15.9. The Hall–Kier alpha value is -2.01. The smallest absolute Gasteiger partial charge is 0.163 e. The highest BCUT2D eigenvalue weighted by atomic mass is 15.0. The highest BCUT2D eigenvalue weighted by molar-refractivity contribution is 5.56. The molecule has 0 aromatic carbocycles. The van der Waals surface area contributed by atoms with Gasteiger partial charge in [0.2, 0.25) is 0 Å². The van der Waals surface area contributed by atoms with E-state index in [0.29, 0.717) is 0 Å². The van der Waals surface area contributed by atoms with Crippen LogP contribution in [0.2, 0.25) is 0 Å². The molecule has 0 amide bonds. The van der Waals surface area contributed by atoms with Gasteiger partial charge in [0.15, 0.2) is 5.82 Å². The van der Waals surface area contributed by atoms with Crippen LogP contribution in [0.4, 0.5) is 5.82 Å². The lowest BCUT2D eigenvalue weighted by molar-refractivity contribution is 0.389. The molecule has 3 heterocycles. The fraction of sp³-hybridized carbons (Fsp3) is 0.500. The van der Waals surface area contributed by atoms with Crippen LogP contribution in [0.5, 0.6) is 0 Å². The standard InChI is InChI=1S/C18H25N5/c1-2-4-16-11-17(21-12-14-6-9-19-10-7-14)23-18(22-16)15-5-3-8-20-13-15/h3,5,8,11,13-14,19H,2,4,6-7,9-10,12H2,1H3,(H,21,22,23). The average Bonchev–Trinajstić information content (AvgIpc) is 2.62. The monoisotopic (exact) mass is 311 g/mol. The Morgan fingerprint density at radius 3 is 2.87 bits per heavy atom. The van der Waals surface area contributed by atoms with E-state index in [9.17, 15) is 0 Å². The SMILES string of the molecule is CCCc1cc(NCC2CCNCC2)nc(-c2cccnc2)n1. The van der Waals surface area contributed by atoms with Crippen molar-refractivity contribution < 1.29 is 0 Å². The van der Waals surface area contributed by atoms with Crippen LogP contribution in [-0.2, 0) is 6.42 Å².